The summed E-state index contributed by atoms with van der Waals surface area (Å²) in [6, 6.07) is 4.14. The monoisotopic (exact) mass is 355 g/mol. The van der Waals surface area contributed by atoms with Crippen LogP contribution < -0.4 is 14.8 Å². The first-order chi connectivity index (χ1) is 12.4. The standard InChI is InChI=1S/C19H21N3O2S/c1-2-4-17-13(3-1)19(22-7-5-20-6-8-22)21-14-11-15-16(12-18(14)25-17)24-10-9-23-15/h1-4,11-13,17,20H,5-10H2. The quantitative estimate of drug-likeness (QED) is 0.775. The lowest BCUT2D eigenvalue weighted by molar-refractivity contribution is 0.171. The van der Waals surface area contributed by atoms with Gasteiger partial charge < -0.3 is 19.7 Å². The molecule has 1 aliphatic carbocycles. The Balaban J connectivity index is 1.60. The van der Waals surface area contributed by atoms with E-state index in [9.17, 15) is 0 Å². The smallest absolute Gasteiger partial charge is 0.163 e. The summed E-state index contributed by atoms with van der Waals surface area (Å²) in [7, 11) is 0. The van der Waals surface area contributed by atoms with Crippen LogP contribution in [0.1, 0.15) is 0 Å². The molecule has 130 valence electrons. The summed E-state index contributed by atoms with van der Waals surface area (Å²) in [6.45, 7) is 5.24. The molecule has 2 atom stereocenters. The van der Waals surface area contributed by atoms with Gasteiger partial charge in [0.05, 0.1) is 11.6 Å². The van der Waals surface area contributed by atoms with E-state index >= 15 is 0 Å². The second-order valence-electron chi connectivity index (χ2n) is 6.55. The number of rotatable bonds is 0. The number of hydrogen-bond acceptors (Lipinski definition) is 6. The van der Waals surface area contributed by atoms with Gasteiger partial charge in [0.25, 0.3) is 0 Å². The molecule has 3 heterocycles. The van der Waals surface area contributed by atoms with E-state index < -0.39 is 0 Å². The van der Waals surface area contributed by atoms with Gasteiger partial charge in [0.15, 0.2) is 11.5 Å². The van der Waals surface area contributed by atoms with Gasteiger partial charge in [0.2, 0.25) is 0 Å². The van der Waals surface area contributed by atoms with Crippen LogP contribution in [0.2, 0.25) is 0 Å². The van der Waals surface area contributed by atoms with Crippen LogP contribution in [-0.2, 0) is 0 Å². The number of benzene rings is 1. The van der Waals surface area contributed by atoms with Crippen LogP contribution in [0.4, 0.5) is 5.69 Å². The maximum absolute atomic E-state index is 5.77. The van der Waals surface area contributed by atoms with E-state index in [1.165, 1.54) is 10.7 Å². The maximum atomic E-state index is 5.77. The Morgan fingerprint density at radius 3 is 2.64 bits per heavy atom. The van der Waals surface area contributed by atoms with Gasteiger partial charge in [-0.05, 0) is 6.07 Å². The highest BCUT2D eigenvalue weighted by molar-refractivity contribution is 8.00. The second-order valence-corrected chi connectivity index (χ2v) is 7.77. The maximum Gasteiger partial charge on any atom is 0.163 e. The van der Waals surface area contributed by atoms with Crippen LogP contribution in [-0.4, -0.2) is 55.4 Å². The second kappa shape index (κ2) is 6.42. The summed E-state index contributed by atoms with van der Waals surface area (Å²) in [6.07, 6.45) is 8.87. The number of hydrogen-bond donors (Lipinski definition) is 1. The van der Waals surface area contributed by atoms with Gasteiger partial charge in [-0.1, -0.05) is 24.3 Å². The summed E-state index contributed by atoms with van der Waals surface area (Å²) in [4.78, 5) is 8.73. The zero-order valence-electron chi connectivity index (χ0n) is 14.0. The van der Waals surface area contributed by atoms with Crippen molar-refractivity contribution in [2.45, 2.75) is 10.1 Å². The molecule has 25 heavy (non-hydrogen) atoms. The van der Waals surface area contributed by atoms with E-state index in [4.69, 9.17) is 14.5 Å². The van der Waals surface area contributed by atoms with Crippen molar-refractivity contribution >= 4 is 23.3 Å². The molecule has 2 unspecified atom stereocenters. The first kappa shape index (κ1) is 15.3. The SMILES string of the molecule is C1=CC2Sc3cc4c(cc3N=C(N3CCNCC3)C2C=C1)OCCO4. The number of amidine groups is 1. The molecule has 1 fully saturated rings. The topological polar surface area (TPSA) is 46.1 Å². The highest BCUT2D eigenvalue weighted by atomic mass is 32.2. The highest BCUT2D eigenvalue weighted by Gasteiger charge is 2.33. The Morgan fingerprint density at radius 2 is 1.80 bits per heavy atom. The predicted molar refractivity (Wildman–Crippen MR) is 100 cm³/mol. The number of fused-ring (bicyclic) bond motifs is 3. The first-order valence-corrected chi connectivity index (χ1v) is 9.76. The van der Waals surface area contributed by atoms with Gasteiger partial charge in [-0.25, -0.2) is 4.99 Å². The van der Waals surface area contributed by atoms with Gasteiger partial charge in [-0.15, -0.1) is 11.8 Å². The molecular formula is C19H21N3O2S. The van der Waals surface area contributed by atoms with Crippen LogP contribution in [0.25, 0.3) is 0 Å². The van der Waals surface area contributed by atoms with Gasteiger partial charge in [0.1, 0.15) is 19.0 Å². The highest BCUT2D eigenvalue weighted by Crippen LogP contribution is 2.47. The average molecular weight is 355 g/mol. The fraction of sp³-hybridized carbons (Fsp3) is 0.421. The minimum Gasteiger partial charge on any atom is -0.486 e. The lowest BCUT2D eigenvalue weighted by atomic mass is 9.97. The predicted octanol–water partition coefficient (Wildman–Crippen LogP) is 2.61. The van der Waals surface area contributed by atoms with Crippen molar-refractivity contribution in [3.05, 3.63) is 36.4 Å². The van der Waals surface area contributed by atoms with Gasteiger partial charge in [-0.3, -0.25) is 0 Å². The Kier molecular flexibility index (Phi) is 3.94. The fourth-order valence-electron chi connectivity index (χ4n) is 3.69. The zero-order chi connectivity index (χ0) is 16.6. The van der Waals surface area contributed by atoms with Crippen molar-refractivity contribution in [1.29, 1.82) is 0 Å². The summed E-state index contributed by atoms with van der Waals surface area (Å²) in [5.74, 6) is 3.13. The zero-order valence-corrected chi connectivity index (χ0v) is 14.8. The fourth-order valence-corrected chi connectivity index (χ4v) is 4.92. The molecule has 0 bridgehead atoms. The Bertz CT molecular complexity index is 768. The Morgan fingerprint density at radius 1 is 1.04 bits per heavy atom. The van der Waals surface area contributed by atoms with Crippen LogP contribution >= 0.6 is 11.8 Å². The third kappa shape index (κ3) is 2.83. The first-order valence-electron chi connectivity index (χ1n) is 8.88. The number of aliphatic imine (C=N–C) groups is 1. The molecule has 0 saturated carbocycles. The molecule has 4 aliphatic rings. The molecule has 5 rings (SSSR count). The van der Waals surface area contributed by atoms with Crippen molar-refractivity contribution in [2.75, 3.05) is 39.4 Å². The van der Waals surface area contributed by atoms with E-state index in [2.05, 4.69) is 40.6 Å². The number of piperazine rings is 1. The summed E-state index contributed by atoms with van der Waals surface area (Å²) < 4.78 is 11.5. The molecule has 0 amide bonds. The Hall–Kier alpha value is -1.92. The van der Waals surface area contributed by atoms with Gasteiger partial charge >= 0.3 is 0 Å². The average Bonchev–Trinajstić information content (AvgIpc) is 2.83. The summed E-state index contributed by atoms with van der Waals surface area (Å²) in [5.41, 5.74) is 0.999. The molecule has 5 nitrogen and oxygen atoms in total. The molecule has 6 heteroatoms. The molecule has 1 aromatic carbocycles. The van der Waals surface area contributed by atoms with E-state index in [1.54, 1.807) is 0 Å². The van der Waals surface area contributed by atoms with Crippen LogP contribution in [0.3, 0.4) is 0 Å². The minimum absolute atomic E-state index is 0.305. The molecule has 1 aromatic rings. The van der Waals surface area contributed by atoms with E-state index in [-0.39, 0.29) is 0 Å². The molecule has 0 spiro atoms. The molecule has 0 radical (unpaired) electrons. The summed E-state index contributed by atoms with van der Waals surface area (Å²) in [5, 5.41) is 3.79. The van der Waals surface area contributed by atoms with E-state index in [0.29, 0.717) is 24.4 Å². The van der Waals surface area contributed by atoms with Gasteiger partial charge in [0, 0.05) is 42.4 Å². The van der Waals surface area contributed by atoms with Crippen molar-refractivity contribution in [3.63, 3.8) is 0 Å². The lowest BCUT2D eigenvalue weighted by Crippen LogP contribution is -2.49. The number of thioether (sulfide) groups is 1. The van der Waals surface area contributed by atoms with Crippen molar-refractivity contribution in [1.82, 2.24) is 10.2 Å². The van der Waals surface area contributed by atoms with E-state index in [0.717, 1.165) is 43.4 Å². The van der Waals surface area contributed by atoms with Crippen molar-refractivity contribution in [3.8, 4) is 11.5 Å². The van der Waals surface area contributed by atoms with Crippen LogP contribution in [0.5, 0.6) is 11.5 Å². The number of nitrogens with one attached hydrogen (secondary N) is 1. The molecular weight excluding hydrogens is 334 g/mol. The largest absolute Gasteiger partial charge is 0.486 e. The van der Waals surface area contributed by atoms with E-state index in [1.807, 2.05) is 17.8 Å². The summed E-state index contributed by atoms with van der Waals surface area (Å²) >= 11 is 1.87. The third-order valence-corrected chi connectivity index (χ3v) is 6.25. The normalized spacial score (nSPS) is 27.2. The molecule has 1 N–H and O–H groups in total. The van der Waals surface area contributed by atoms with Gasteiger partial charge in [-0.2, -0.15) is 0 Å². The van der Waals surface area contributed by atoms with Crippen LogP contribution in [0, 0.1) is 5.92 Å². The number of nitrogens with zero attached hydrogens (tertiary/aromatic N) is 2. The number of ether oxygens (including phenoxy) is 2. The Labute approximate surface area is 151 Å². The molecule has 1 saturated heterocycles. The van der Waals surface area contributed by atoms with Crippen LogP contribution in [0.15, 0.2) is 46.3 Å². The molecule has 0 aromatic heterocycles. The van der Waals surface area contributed by atoms with Crippen molar-refractivity contribution in [2.24, 2.45) is 10.9 Å². The lowest BCUT2D eigenvalue weighted by Gasteiger charge is -2.35. The van der Waals surface area contributed by atoms with Crippen molar-refractivity contribution < 1.29 is 9.47 Å². The minimum atomic E-state index is 0.305. The molecule has 3 aliphatic heterocycles. The third-order valence-electron chi connectivity index (χ3n) is 4.95. The number of allylic oxidation sites excluding steroid dienone is 2.